The number of hydrogen-bond donors (Lipinski definition) is 2. The van der Waals surface area contributed by atoms with E-state index in [2.05, 4.69) is 0 Å². The molecule has 1 aromatic rings. The summed E-state index contributed by atoms with van der Waals surface area (Å²) in [7, 11) is 3.50. The van der Waals surface area contributed by atoms with Gasteiger partial charge in [0.05, 0.1) is 17.5 Å². The predicted molar refractivity (Wildman–Crippen MR) is 123 cm³/mol. The molecule has 0 heterocycles. The highest BCUT2D eigenvalue weighted by Crippen LogP contribution is 2.28. The van der Waals surface area contributed by atoms with E-state index < -0.39 is 0 Å². The van der Waals surface area contributed by atoms with Crippen LogP contribution in [0.5, 0.6) is 5.75 Å². The van der Waals surface area contributed by atoms with Crippen LogP contribution in [0.3, 0.4) is 0 Å². The number of carbonyl (C=O) groups is 1. The highest BCUT2D eigenvalue weighted by molar-refractivity contribution is 5.70. The molecule has 31 heavy (non-hydrogen) atoms. The number of hydrazine groups is 1. The molecule has 2 aliphatic rings. The monoisotopic (exact) mass is 430 g/mol. The topological polar surface area (TPSA) is 94.1 Å². The highest BCUT2D eigenvalue weighted by Gasteiger charge is 2.25. The normalized spacial score (nSPS) is 18.5. The number of carbonyl (C=O) groups excluding carboxylic acids is 1. The smallest absolute Gasteiger partial charge is 0.410 e. The number of aryl methyl sites for hydroxylation is 1. The van der Waals surface area contributed by atoms with Crippen molar-refractivity contribution in [2.75, 3.05) is 20.7 Å². The maximum absolute atomic E-state index is 12.5. The van der Waals surface area contributed by atoms with Crippen molar-refractivity contribution in [1.29, 1.82) is 0 Å². The van der Waals surface area contributed by atoms with Crippen LogP contribution in [0.25, 0.3) is 5.70 Å². The van der Waals surface area contributed by atoms with E-state index in [0.717, 1.165) is 55.4 Å². The third kappa shape index (κ3) is 6.06. The fourth-order valence-electron chi connectivity index (χ4n) is 4.52. The Morgan fingerprint density at radius 2 is 1.71 bits per heavy atom. The van der Waals surface area contributed by atoms with Crippen LogP contribution in [0.15, 0.2) is 23.9 Å². The molecular weight excluding hydrogens is 392 g/mol. The quantitative estimate of drug-likeness (QED) is 0.498. The van der Waals surface area contributed by atoms with Crippen LogP contribution in [0.4, 0.5) is 4.79 Å². The van der Waals surface area contributed by atoms with Crippen molar-refractivity contribution >= 4 is 11.8 Å². The molecule has 0 spiro atoms. The van der Waals surface area contributed by atoms with Gasteiger partial charge in [0.15, 0.2) is 0 Å². The molecule has 1 amide bonds. The molecule has 7 heteroatoms. The van der Waals surface area contributed by atoms with Gasteiger partial charge in [-0.1, -0.05) is 19.3 Å². The maximum Gasteiger partial charge on any atom is 0.410 e. The van der Waals surface area contributed by atoms with Crippen LogP contribution in [0, 0.1) is 6.92 Å². The van der Waals surface area contributed by atoms with Gasteiger partial charge in [-0.3, -0.25) is 0 Å². The molecule has 3 rings (SSSR count). The fraction of sp³-hybridized carbons (Fsp3) is 0.625. The first kappa shape index (κ1) is 23.3. The van der Waals surface area contributed by atoms with Gasteiger partial charge in [0, 0.05) is 20.1 Å². The molecule has 2 aliphatic carbocycles. The number of ether oxygens (including phenoxy) is 2. The van der Waals surface area contributed by atoms with Gasteiger partial charge in [-0.2, -0.15) is 0 Å². The van der Waals surface area contributed by atoms with Gasteiger partial charge < -0.3 is 25.1 Å². The number of rotatable bonds is 7. The van der Waals surface area contributed by atoms with E-state index in [4.69, 9.17) is 21.1 Å². The van der Waals surface area contributed by atoms with Crippen molar-refractivity contribution in [3.63, 3.8) is 0 Å². The summed E-state index contributed by atoms with van der Waals surface area (Å²) in [6, 6.07) is 6.17. The second-order valence-electron chi connectivity index (χ2n) is 8.93. The number of likely N-dealkylation sites (N-methyl/N-ethyl adjacent to an activating group) is 1. The van der Waals surface area contributed by atoms with Crippen molar-refractivity contribution < 1.29 is 14.3 Å². The SMILES string of the molecule is Cc1cc(/C(N)=C(\COC(=O)N(C)C2CCCC2)N(C)N)ccc1OC1CCCCC1. The summed E-state index contributed by atoms with van der Waals surface area (Å²) >= 11 is 0. The highest BCUT2D eigenvalue weighted by atomic mass is 16.6. The third-order valence-corrected chi connectivity index (χ3v) is 6.56. The zero-order valence-corrected chi connectivity index (χ0v) is 19.2. The van der Waals surface area contributed by atoms with Crippen molar-refractivity contribution in [2.45, 2.75) is 76.9 Å². The van der Waals surface area contributed by atoms with Crippen LogP contribution in [0.2, 0.25) is 0 Å². The van der Waals surface area contributed by atoms with E-state index in [9.17, 15) is 4.79 Å². The Labute approximate surface area is 186 Å². The van der Waals surface area contributed by atoms with Crippen LogP contribution in [-0.2, 0) is 4.74 Å². The first-order valence-electron chi connectivity index (χ1n) is 11.5. The van der Waals surface area contributed by atoms with E-state index in [1.165, 1.54) is 24.3 Å². The molecule has 7 nitrogen and oxygen atoms in total. The predicted octanol–water partition coefficient (Wildman–Crippen LogP) is 4.15. The van der Waals surface area contributed by atoms with E-state index >= 15 is 0 Å². The van der Waals surface area contributed by atoms with Gasteiger partial charge >= 0.3 is 6.09 Å². The zero-order chi connectivity index (χ0) is 22.4. The molecule has 0 unspecified atom stereocenters. The number of hydrogen-bond acceptors (Lipinski definition) is 6. The molecule has 0 radical (unpaired) electrons. The molecule has 0 bridgehead atoms. The number of amides is 1. The van der Waals surface area contributed by atoms with E-state index in [1.54, 1.807) is 19.0 Å². The summed E-state index contributed by atoms with van der Waals surface area (Å²) in [5.41, 5.74) is 9.36. The zero-order valence-electron chi connectivity index (χ0n) is 19.2. The Balaban J connectivity index is 1.68. The molecule has 4 N–H and O–H groups in total. The molecule has 172 valence electrons. The molecule has 0 aliphatic heterocycles. The van der Waals surface area contributed by atoms with Gasteiger partial charge in [-0.15, -0.1) is 0 Å². The van der Waals surface area contributed by atoms with Crippen LogP contribution in [-0.4, -0.2) is 48.9 Å². The Hall–Kier alpha value is -2.41. The summed E-state index contributed by atoms with van der Waals surface area (Å²) in [6.07, 6.45) is 10.3. The van der Waals surface area contributed by atoms with Gasteiger partial charge in [0.1, 0.15) is 12.4 Å². The van der Waals surface area contributed by atoms with Crippen molar-refractivity contribution in [1.82, 2.24) is 9.91 Å². The van der Waals surface area contributed by atoms with Gasteiger partial charge in [0.2, 0.25) is 0 Å². The fourth-order valence-corrected chi connectivity index (χ4v) is 4.52. The van der Waals surface area contributed by atoms with Crippen LogP contribution in [0.1, 0.15) is 68.9 Å². The van der Waals surface area contributed by atoms with Crippen molar-refractivity contribution in [3.8, 4) is 5.75 Å². The Morgan fingerprint density at radius 3 is 2.32 bits per heavy atom. The van der Waals surface area contributed by atoms with Crippen LogP contribution < -0.4 is 16.3 Å². The largest absolute Gasteiger partial charge is 0.490 e. The molecule has 2 saturated carbocycles. The average molecular weight is 431 g/mol. The summed E-state index contributed by atoms with van der Waals surface area (Å²) in [5, 5.41) is 1.42. The van der Waals surface area contributed by atoms with E-state index in [0.29, 0.717) is 17.5 Å². The standard InChI is InChI=1S/C24H38N4O3/c1-17-15-18(13-14-22(17)31-20-11-5-4-6-12-20)23(25)21(28(3)26)16-30-24(29)27(2)19-9-7-8-10-19/h13-15,19-20H,4-12,16,25-26H2,1-3H3/b23-21-. The second-order valence-corrected chi connectivity index (χ2v) is 8.93. The lowest BCUT2D eigenvalue weighted by molar-refractivity contribution is 0.0999. The summed E-state index contributed by atoms with van der Waals surface area (Å²) in [5.74, 6) is 6.92. The summed E-state index contributed by atoms with van der Waals surface area (Å²) < 4.78 is 11.8. The second kappa shape index (κ2) is 10.8. The van der Waals surface area contributed by atoms with Gasteiger partial charge in [-0.05, 0) is 74.8 Å². The molecule has 0 aromatic heterocycles. The Kier molecular flexibility index (Phi) is 8.07. The minimum atomic E-state index is -0.341. The first-order valence-corrected chi connectivity index (χ1v) is 11.5. The lowest BCUT2D eigenvalue weighted by atomic mass is 9.97. The number of benzene rings is 1. The van der Waals surface area contributed by atoms with Crippen molar-refractivity contribution in [3.05, 3.63) is 35.0 Å². The van der Waals surface area contributed by atoms with Crippen molar-refractivity contribution in [2.24, 2.45) is 11.6 Å². The lowest BCUT2D eigenvalue weighted by Gasteiger charge is -2.26. The molecule has 1 aromatic carbocycles. The summed E-state index contributed by atoms with van der Waals surface area (Å²) in [4.78, 5) is 14.2. The average Bonchev–Trinajstić information content (AvgIpc) is 3.30. The minimum Gasteiger partial charge on any atom is -0.490 e. The number of nitrogens with two attached hydrogens (primary N) is 2. The maximum atomic E-state index is 12.5. The van der Waals surface area contributed by atoms with Gasteiger partial charge in [-0.25, -0.2) is 10.6 Å². The van der Waals surface area contributed by atoms with E-state index in [-0.39, 0.29) is 18.7 Å². The Morgan fingerprint density at radius 1 is 1.06 bits per heavy atom. The molecular formula is C24H38N4O3. The van der Waals surface area contributed by atoms with Crippen LogP contribution >= 0.6 is 0 Å². The van der Waals surface area contributed by atoms with Gasteiger partial charge in [0.25, 0.3) is 0 Å². The minimum absolute atomic E-state index is 0.0219. The molecule has 2 fully saturated rings. The first-order chi connectivity index (χ1) is 14.9. The Bertz CT molecular complexity index is 781. The lowest BCUT2D eigenvalue weighted by Crippen LogP contribution is -2.37. The summed E-state index contributed by atoms with van der Waals surface area (Å²) in [6.45, 7) is 2.05. The van der Waals surface area contributed by atoms with E-state index in [1.807, 2.05) is 25.1 Å². The molecule has 0 saturated heterocycles. The number of nitrogens with zero attached hydrogens (tertiary/aromatic N) is 2. The third-order valence-electron chi connectivity index (χ3n) is 6.56. The molecule has 0 atom stereocenters.